The Hall–Kier alpha value is -3.65. The van der Waals surface area contributed by atoms with E-state index < -0.39 is 28.5 Å². The first-order valence-corrected chi connectivity index (χ1v) is 15.3. The van der Waals surface area contributed by atoms with Crippen LogP contribution in [0.4, 0.5) is 5.69 Å². The van der Waals surface area contributed by atoms with Crippen molar-refractivity contribution >= 4 is 27.5 Å². The molecule has 8 heteroatoms. The largest absolute Gasteiger partial charge is 0.352 e. The molecule has 0 spiro atoms. The summed E-state index contributed by atoms with van der Waals surface area (Å²) < 4.78 is 28.9. The molecule has 1 N–H and O–H groups in total. The van der Waals surface area contributed by atoms with Gasteiger partial charge in [0.15, 0.2) is 0 Å². The molecule has 40 heavy (non-hydrogen) atoms. The number of carbonyl (C=O) groups is 2. The summed E-state index contributed by atoms with van der Waals surface area (Å²) in [6, 6.07) is 22.6. The van der Waals surface area contributed by atoms with Crippen molar-refractivity contribution in [3.05, 3.63) is 95.6 Å². The van der Waals surface area contributed by atoms with Gasteiger partial charge in [-0.15, -0.1) is 0 Å². The molecule has 0 heterocycles. The van der Waals surface area contributed by atoms with E-state index in [1.54, 1.807) is 36.4 Å². The first-order valence-electron chi connectivity index (χ1n) is 13.9. The van der Waals surface area contributed by atoms with E-state index in [0.717, 1.165) is 27.4 Å². The Bertz CT molecular complexity index is 1360. The maximum Gasteiger partial charge on any atom is 0.264 e. The lowest BCUT2D eigenvalue weighted by Gasteiger charge is -2.33. The van der Waals surface area contributed by atoms with Crippen LogP contribution in [0.2, 0.25) is 0 Å². The molecule has 0 aliphatic carbocycles. The zero-order valence-corrected chi connectivity index (χ0v) is 24.9. The molecule has 0 aliphatic rings. The number of hydrogen-bond acceptors (Lipinski definition) is 4. The van der Waals surface area contributed by atoms with Crippen LogP contribution in [-0.2, 0) is 26.0 Å². The Morgan fingerprint density at radius 2 is 1.40 bits per heavy atom. The fourth-order valence-corrected chi connectivity index (χ4v) is 5.83. The third-order valence-electron chi connectivity index (χ3n) is 7.08. The fraction of sp³-hybridized carbons (Fsp3) is 0.375. The quantitative estimate of drug-likeness (QED) is 0.307. The van der Waals surface area contributed by atoms with Gasteiger partial charge in [0, 0.05) is 12.6 Å². The summed E-state index contributed by atoms with van der Waals surface area (Å²) in [6.07, 6.45) is 1.70. The van der Waals surface area contributed by atoms with Gasteiger partial charge in [-0.3, -0.25) is 13.9 Å². The fourth-order valence-electron chi connectivity index (χ4n) is 4.41. The summed E-state index contributed by atoms with van der Waals surface area (Å²) in [5.74, 6) is -0.667. The third kappa shape index (κ3) is 7.94. The molecular weight excluding hydrogens is 522 g/mol. The molecule has 0 radical (unpaired) electrons. The van der Waals surface area contributed by atoms with Crippen molar-refractivity contribution in [1.29, 1.82) is 0 Å². The molecule has 3 aromatic carbocycles. The molecule has 0 fully saturated rings. The highest BCUT2D eigenvalue weighted by atomic mass is 32.2. The number of aryl methyl sites for hydroxylation is 2. The molecule has 0 aliphatic heterocycles. The minimum atomic E-state index is -4.07. The van der Waals surface area contributed by atoms with Gasteiger partial charge in [0.25, 0.3) is 10.0 Å². The Balaban J connectivity index is 2.00. The number of amides is 2. The van der Waals surface area contributed by atoms with Crippen molar-refractivity contribution in [1.82, 2.24) is 10.2 Å². The van der Waals surface area contributed by atoms with Crippen LogP contribution in [0, 0.1) is 13.8 Å². The average molecular weight is 564 g/mol. The summed E-state index contributed by atoms with van der Waals surface area (Å²) in [4.78, 5) is 29.0. The van der Waals surface area contributed by atoms with Crippen LogP contribution in [0.25, 0.3) is 0 Å². The molecule has 0 aromatic heterocycles. The number of sulfonamides is 1. The highest BCUT2D eigenvalue weighted by Gasteiger charge is 2.33. The van der Waals surface area contributed by atoms with E-state index >= 15 is 0 Å². The maximum atomic E-state index is 14.0. The molecule has 0 saturated heterocycles. The van der Waals surface area contributed by atoms with Gasteiger partial charge in [-0.25, -0.2) is 8.42 Å². The van der Waals surface area contributed by atoms with Crippen LogP contribution in [-0.4, -0.2) is 50.3 Å². The SMILES string of the molecule is CC[C@H](C(=O)N[C@@H](C)CC)N(CCc1ccccc1)C(=O)CN(c1ccc(C)cc1)S(=O)(=O)c1ccc(C)cc1. The number of carbonyl (C=O) groups excluding carboxylic acids is 2. The van der Waals surface area contributed by atoms with Crippen molar-refractivity contribution in [2.45, 2.75) is 70.9 Å². The maximum absolute atomic E-state index is 14.0. The second kappa shape index (κ2) is 14.1. The van der Waals surface area contributed by atoms with Crippen LogP contribution >= 0.6 is 0 Å². The standard InChI is InChI=1S/C32H41N3O4S/c1-6-26(5)33-32(37)30(7-2)34(22-21-27-11-9-8-10-12-27)31(36)23-35(28-17-13-24(3)14-18-28)40(38,39)29-19-15-25(4)16-20-29/h8-20,26,30H,6-7,21-23H2,1-5H3,(H,33,37)/t26-,30+/m0/s1. The van der Waals surface area contributed by atoms with E-state index in [9.17, 15) is 18.0 Å². The van der Waals surface area contributed by atoms with E-state index in [0.29, 0.717) is 18.5 Å². The van der Waals surface area contributed by atoms with Crippen LogP contribution in [0.15, 0.2) is 83.8 Å². The van der Waals surface area contributed by atoms with Gasteiger partial charge >= 0.3 is 0 Å². The van der Waals surface area contributed by atoms with Crippen molar-refractivity contribution in [3.8, 4) is 0 Å². The average Bonchev–Trinajstić information content (AvgIpc) is 2.95. The molecule has 214 valence electrons. The van der Waals surface area contributed by atoms with Gasteiger partial charge in [0.2, 0.25) is 11.8 Å². The number of anilines is 1. The smallest absolute Gasteiger partial charge is 0.264 e. The molecule has 3 rings (SSSR count). The Labute approximate surface area is 239 Å². The highest BCUT2D eigenvalue weighted by molar-refractivity contribution is 7.92. The predicted octanol–water partition coefficient (Wildman–Crippen LogP) is 5.26. The van der Waals surface area contributed by atoms with Crippen LogP contribution in [0.1, 0.15) is 50.3 Å². The number of rotatable bonds is 13. The highest BCUT2D eigenvalue weighted by Crippen LogP contribution is 2.25. The number of nitrogens with one attached hydrogen (secondary N) is 1. The Morgan fingerprint density at radius 3 is 1.95 bits per heavy atom. The topological polar surface area (TPSA) is 86.8 Å². The number of nitrogens with zero attached hydrogens (tertiary/aromatic N) is 2. The van der Waals surface area contributed by atoms with E-state index in [1.807, 2.05) is 77.1 Å². The van der Waals surface area contributed by atoms with Gasteiger partial charge in [0.05, 0.1) is 10.6 Å². The van der Waals surface area contributed by atoms with E-state index in [-0.39, 0.29) is 23.4 Å². The molecule has 0 unspecified atom stereocenters. The van der Waals surface area contributed by atoms with Gasteiger partial charge < -0.3 is 10.2 Å². The Morgan fingerprint density at radius 1 is 0.825 bits per heavy atom. The number of hydrogen-bond donors (Lipinski definition) is 1. The minimum absolute atomic E-state index is 0.0430. The van der Waals surface area contributed by atoms with Crippen LogP contribution < -0.4 is 9.62 Å². The minimum Gasteiger partial charge on any atom is -0.352 e. The van der Waals surface area contributed by atoms with Crippen molar-refractivity contribution in [3.63, 3.8) is 0 Å². The third-order valence-corrected chi connectivity index (χ3v) is 8.87. The van der Waals surface area contributed by atoms with Crippen molar-refractivity contribution in [2.75, 3.05) is 17.4 Å². The van der Waals surface area contributed by atoms with Crippen LogP contribution in [0.5, 0.6) is 0 Å². The zero-order chi connectivity index (χ0) is 29.3. The summed E-state index contributed by atoms with van der Waals surface area (Å²) in [5, 5.41) is 3.00. The molecule has 7 nitrogen and oxygen atoms in total. The lowest BCUT2D eigenvalue weighted by atomic mass is 10.1. The monoisotopic (exact) mass is 563 g/mol. The van der Waals surface area contributed by atoms with Crippen molar-refractivity contribution < 1.29 is 18.0 Å². The normalized spacial score (nSPS) is 12.8. The van der Waals surface area contributed by atoms with Crippen LogP contribution in [0.3, 0.4) is 0 Å². The first kappa shape index (κ1) is 30.9. The first-order chi connectivity index (χ1) is 19.1. The zero-order valence-electron chi connectivity index (χ0n) is 24.1. The van der Waals surface area contributed by atoms with Gasteiger partial charge in [-0.2, -0.15) is 0 Å². The van der Waals surface area contributed by atoms with Gasteiger partial charge in [-0.1, -0.05) is 79.6 Å². The van der Waals surface area contributed by atoms with Crippen molar-refractivity contribution in [2.24, 2.45) is 0 Å². The second-order valence-corrected chi connectivity index (χ2v) is 12.1. The summed E-state index contributed by atoms with van der Waals surface area (Å²) in [6.45, 7) is 9.43. The lowest BCUT2D eigenvalue weighted by molar-refractivity contribution is -0.139. The Kier molecular flexibility index (Phi) is 10.9. The number of benzene rings is 3. The van der Waals surface area contributed by atoms with E-state index in [4.69, 9.17) is 0 Å². The molecule has 2 atom stereocenters. The second-order valence-electron chi connectivity index (χ2n) is 10.2. The molecular formula is C32H41N3O4S. The molecule has 0 bridgehead atoms. The van der Waals surface area contributed by atoms with E-state index in [2.05, 4.69) is 5.32 Å². The van der Waals surface area contributed by atoms with Gasteiger partial charge in [0.1, 0.15) is 12.6 Å². The van der Waals surface area contributed by atoms with E-state index in [1.165, 1.54) is 4.90 Å². The molecule has 2 amide bonds. The summed E-state index contributed by atoms with van der Waals surface area (Å²) >= 11 is 0. The molecule has 0 saturated carbocycles. The van der Waals surface area contributed by atoms with Gasteiger partial charge in [-0.05, 0) is 69.9 Å². The predicted molar refractivity (Wildman–Crippen MR) is 161 cm³/mol. The molecule has 3 aromatic rings. The summed E-state index contributed by atoms with van der Waals surface area (Å²) in [7, 11) is -4.07. The summed E-state index contributed by atoms with van der Waals surface area (Å²) in [5.41, 5.74) is 3.32. The lowest BCUT2D eigenvalue weighted by Crippen LogP contribution is -2.54.